The Labute approximate surface area is 88.1 Å². The van der Waals surface area contributed by atoms with Gasteiger partial charge in [0.2, 0.25) is 11.8 Å². The predicted octanol–water partition coefficient (Wildman–Crippen LogP) is 0.483. The fourth-order valence-electron chi connectivity index (χ4n) is 1.47. The topological polar surface area (TPSA) is 145 Å². The zero-order valence-electron chi connectivity index (χ0n) is 9.05. The second-order valence-electron chi connectivity index (χ2n) is 3.03. The highest BCUT2D eigenvalue weighted by atomic mass is 16.2. The van der Waals surface area contributed by atoms with Crippen molar-refractivity contribution in [3.05, 3.63) is 0 Å². The maximum absolute atomic E-state index is 11.4. The molecule has 88 valence electrons. The van der Waals surface area contributed by atoms with Crippen LogP contribution in [-0.2, 0) is 9.59 Å². The summed E-state index contributed by atoms with van der Waals surface area (Å²) in [6.45, 7) is 3.50. The lowest BCUT2D eigenvalue weighted by atomic mass is 9.79. The van der Waals surface area contributed by atoms with Crippen LogP contribution in [0, 0.1) is 5.41 Å². The van der Waals surface area contributed by atoms with Crippen molar-refractivity contribution < 1.29 is 14.4 Å². The van der Waals surface area contributed by atoms with Gasteiger partial charge in [-0.3, -0.25) is 20.2 Å². The highest BCUT2D eigenvalue weighted by molar-refractivity contribution is 6.19. The van der Waals surface area contributed by atoms with Crippen molar-refractivity contribution in [1.29, 1.82) is 0 Å². The fourth-order valence-corrected chi connectivity index (χ4v) is 1.47. The number of amides is 4. The Morgan fingerprint density at radius 3 is 1.53 bits per heavy atom. The normalized spacial score (nSPS) is 18.1. The van der Waals surface area contributed by atoms with E-state index in [1.807, 2.05) is 0 Å². The summed E-state index contributed by atoms with van der Waals surface area (Å²) in [5.41, 5.74) is -1.06. The molecule has 0 aromatic heterocycles. The van der Waals surface area contributed by atoms with Gasteiger partial charge in [-0.1, -0.05) is 13.8 Å². The summed E-state index contributed by atoms with van der Waals surface area (Å²) in [6.07, 6.45) is 0.795. The minimum absolute atomic E-state index is 0. The molecule has 0 atom stereocenters. The molecule has 1 saturated heterocycles. The molecule has 0 radical (unpaired) electrons. The van der Waals surface area contributed by atoms with Gasteiger partial charge in [0.15, 0.2) is 0 Å². The molecule has 0 spiro atoms. The molecule has 0 aromatic carbocycles. The first kappa shape index (κ1) is 16.0. The van der Waals surface area contributed by atoms with E-state index in [1.54, 1.807) is 13.8 Å². The van der Waals surface area contributed by atoms with Crippen LogP contribution in [0.25, 0.3) is 0 Å². The molecule has 1 rings (SSSR count). The van der Waals surface area contributed by atoms with Crippen LogP contribution in [0.3, 0.4) is 0 Å². The second kappa shape index (κ2) is 5.42. The van der Waals surface area contributed by atoms with Gasteiger partial charge in [-0.15, -0.1) is 0 Å². The highest BCUT2D eigenvalue weighted by Crippen LogP contribution is 2.28. The third-order valence-electron chi connectivity index (χ3n) is 2.53. The summed E-state index contributed by atoms with van der Waals surface area (Å²) >= 11 is 0. The number of hydrogen-bond donors (Lipinski definition) is 4. The van der Waals surface area contributed by atoms with Crippen molar-refractivity contribution in [2.45, 2.75) is 26.7 Å². The Balaban J connectivity index is 0. The number of hydrogen-bond acceptors (Lipinski definition) is 5. The number of nitrogens with one attached hydrogen (secondary N) is 2. The third kappa shape index (κ3) is 2.31. The van der Waals surface area contributed by atoms with Gasteiger partial charge in [0, 0.05) is 0 Å². The lowest BCUT2D eigenvalue weighted by molar-refractivity contribution is -0.144. The van der Waals surface area contributed by atoms with Gasteiger partial charge in [0.1, 0.15) is 5.41 Å². The molecule has 1 aliphatic rings. The summed E-state index contributed by atoms with van der Waals surface area (Å²) in [4.78, 5) is 33.6. The fraction of sp³-hybridized carbons (Fsp3) is 0.625. The molecule has 1 aliphatic heterocycles. The second-order valence-corrected chi connectivity index (χ2v) is 3.03. The van der Waals surface area contributed by atoms with Gasteiger partial charge >= 0.3 is 6.03 Å². The molecule has 1 heterocycles. The van der Waals surface area contributed by atoms with Crippen molar-refractivity contribution in [2.24, 2.45) is 5.41 Å². The monoisotopic (exact) mass is 218 g/mol. The van der Waals surface area contributed by atoms with E-state index in [4.69, 9.17) is 0 Å². The Kier molecular flexibility index (Phi) is 5.77. The van der Waals surface area contributed by atoms with E-state index in [9.17, 15) is 14.4 Å². The highest BCUT2D eigenvalue weighted by Gasteiger charge is 2.47. The van der Waals surface area contributed by atoms with Crippen LogP contribution in [-0.4, -0.2) is 17.8 Å². The SMILES string of the molecule is CCC1(CC)C(=O)NC(=O)NC1=O.N.N. The lowest BCUT2D eigenvalue weighted by Crippen LogP contribution is -2.61. The van der Waals surface area contributed by atoms with E-state index in [0.29, 0.717) is 12.8 Å². The Bertz CT molecular complexity index is 251. The quantitative estimate of drug-likeness (QED) is 0.498. The minimum atomic E-state index is -1.06. The van der Waals surface area contributed by atoms with E-state index in [1.165, 1.54) is 0 Å². The Morgan fingerprint density at radius 1 is 0.933 bits per heavy atom. The average molecular weight is 218 g/mol. The van der Waals surface area contributed by atoms with Crippen LogP contribution in [0.15, 0.2) is 0 Å². The smallest absolute Gasteiger partial charge is 0.328 e. The van der Waals surface area contributed by atoms with Crippen LogP contribution >= 0.6 is 0 Å². The molecule has 15 heavy (non-hydrogen) atoms. The van der Waals surface area contributed by atoms with E-state index in [-0.39, 0.29) is 12.3 Å². The van der Waals surface area contributed by atoms with Crippen molar-refractivity contribution in [2.75, 3.05) is 0 Å². The Hall–Kier alpha value is -1.47. The molecule has 1 fully saturated rings. The standard InChI is InChI=1S/C8H12N2O3.2H3N/c1-3-8(4-2)5(11)9-7(13)10-6(8)12;;/h3-4H2,1-2H3,(H2,9,10,11,12,13);2*1H3. The van der Waals surface area contributed by atoms with Gasteiger partial charge in [0.25, 0.3) is 0 Å². The lowest BCUT2D eigenvalue weighted by Gasteiger charge is -2.31. The van der Waals surface area contributed by atoms with E-state index in [2.05, 4.69) is 10.6 Å². The van der Waals surface area contributed by atoms with Crippen molar-refractivity contribution in [1.82, 2.24) is 22.9 Å². The number of carbonyl (C=O) groups is 3. The molecule has 4 amide bonds. The molecule has 7 nitrogen and oxygen atoms in total. The van der Waals surface area contributed by atoms with E-state index < -0.39 is 23.3 Å². The summed E-state index contributed by atoms with van der Waals surface area (Å²) < 4.78 is 0. The number of imide groups is 2. The predicted molar refractivity (Wildman–Crippen MR) is 54.7 cm³/mol. The van der Waals surface area contributed by atoms with Crippen molar-refractivity contribution in [3.8, 4) is 0 Å². The minimum Gasteiger partial charge on any atom is -0.344 e. The molecule has 0 unspecified atom stereocenters. The molecular weight excluding hydrogens is 200 g/mol. The first-order chi connectivity index (χ1) is 6.06. The largest absolute Gasteiger partial charge is 0.344 e. The first-order valence-electron chi connectivity index (χ1n) is 4.23. The summed E-state index contributed by atoms with van der Waals surface area (Å²) in [5, 5.41) is 4.19. The van der Waals surface area contributed by atoms with Crippen molar-refractivity contribution in [3.63, 3.8) is 0 Å². The first-order valence-corrected chi connectivity index (χ1v) is 4.23. The average Bonchev–Trinajstić information content (AvgIpc) is 2.05. The number of rotatable bonds is 2. The molecule has 0 bridgehead atoms. The van der Waals surface area contributed by atoms with Gasteiger partial charge in [-0.25, -0.2) is 4.79 Å². The van der Waals surface area contributed by atoms with Crippen LogP contribution in [0.1, 0.15) is 26.7 Å². The van der Waals surface area contributed by atoms with Crippen LogP contribution in [0.4, 0.5) is 4.79 Å². The summed E-state index contributed by atoms with van der Waals surface area (Å²) in [7, 11) is 0. The van der Waals surface area contributed by atoms with Crippen molar-refractivity contribution >= 4 is 17.8 Å². The van der Waals surface area contributed by atoms with Crippen LogP contribution < -0.4 is 22.9 Å². The van der Waals surface area contributed by atoms with E-state index in [0.717, 1.165) is 0 Å². The zero-order valence-corrected chi connectivity index (χ0v) is 9.05. The maximum atomic E-state index is 11.4. The molecule has 0 saturated carbocycles. The van der Waals surface area contributed by atoms with Gasteiger partial charge < -0.3 is 12.3 Å². The summed E-state index contributed by atoms with van der Waals surface area (Å²) in [5.74, 6) is -0.988. The van der Waals surface area contributed by atoms with Gasteiger partial charge in [-0.2, -0.15) is 0 Å². The Morgan fingerprint density at radius 2 is 1.27 bits per heavy atom. The van der Waals surface area contributed by atoms with Crippen LogP contribution in [0.2, 0.25) is 0 Å². The molecule has 8 N–H and O–H groups in total. The number of urea groups is 1. The third-order valence-corrected chi connectivity index (χ3v) is 2.53. The summed E-state index contributed by atoms with van der Waals surface area (Å²) in [6, 6.07) is -0.729. The molecule has 0 aliphatic carbocycles. The molecule has 7 heteroatoms. The van der Waals surface area contributed by atoms with E-state index >= 15 is 0 Å². The molecule has 0 aromatic rings. The number of carbonyl (C=O) groups excluding carboxylic acids is 3. The van der Waals surface area contributed by atoms with Gasteiger partial charge in [-0.05, 0) is 12.8 Å². The zero-order chi connectivity index (χ0) is 10.1. The van der Waals surface area contributed by atoms with Gasteiger partial charge in [0.05, 0.1) is 0 Å². The molecular formula is C8H18N4O3. The number of barbiturate groups is 1. The maximum Gasteiger partial charge on any atom is 0.328 e. The van der Waals surface area contributed by atoms with Crippen LogP contribution in [0.5, 0.6) is 0 Å².